The fourth-order valence-electron chi connectivity index (χ4n) is 1.29. The lowest BCUT2D eigenvalue weighted by molar-refractivity contribution is 0.0690. The van der Waals surface area contributed by atoms with Crippen molar-refractivity contribution in [1.82, 2.24) is 9.97 Å². The van der Waals surface area contributed by atoms with Gasteiger partial charge in [0.15, 0.2) is 5.69 Å². The van der Waals surface area contributed by atoms with E-state index in [-0.39, 0.29) is 5.69 Å². The van der Waals surface area contributed by atoms with Gasteiger partial charge in [0, 0.05) is 11.6 Å². The zero-order chi connectivity index (χ0) is 9.42. The van der Waals surface area contributed by atoms with Crippen LogP contribution < -0.4 is 0 Å². The maximum Gasteiger partial charge on any atom is 0.354 e. The van der Waals surface area contributed by atoms with E-state index in [0.29, 0.717) is 11.7 Å². The second-order valence-corrected chi connectivity index (χ2v) is 3.30. The Morgan fingerprint density at radius 2 is 2.23 bits per heavy atom. The molecular formula is C9H10N2O2. The third-order valence-electron chi connectivity index (χ3n) is 2.07. The van der Waals surface area contributed by atoms with Crippen molar-refractivity contribution in [1.29, 1.82) is 0 Å². The fraction of sp³-hybridized carbons (Fsp3) is 0.444. The summed E-state index contributed by atoms with van der Waals surface area (Å²) in [4.78, 5) is 18.7. The predicted octanol–water partition coefficient (Wildman–Crippen LogP) is 1.36. The van der Waals surface area contributed by atoms with E-state index in [0.717, 1.165) is 18.5 Å². The van der Waals surface area contributed by atoms with Crippen LogP contribution in [0.4, 0.5) is 0 Å². The van der Waals surface area contributed by atoms with E-state index in [4.69, 9.17) is 5.11 Å². The number of carboxylic acids is 1. The van der Waals surface area contributed by atoms with E-state index in [1.165, 1.54) is 0 Å². The number of aryl methyl sites for hydroxylation is 1. The van der Waals surface area contributed by atoms with Crippen molar-refractivity contribution >= 4 is 5.97 Å². The summed E-state index contributed by atoms with van der Waals surface area (Å²) >= 11 is 0. The lowest BCUT2D eigenvalue weighted by Gasteiger charge is -2.00. The molecule has 2 rings (SSSR count). The summed E-state index contributed by atoms with van der Waals surface area (Å²) in [7, 11) is 0. The van der Waals surface area contributed by atoms with Crippen LogP contribution in [0.25, 0.3) is 0 Å². The lowest BCUT2D eigenvalue weighted by atomic mass is 10.2. The summed E-state index contributed by atoms with van der Waals surface area (Å²) < 4.78 is 0. The number of hydrogen-bond donors (Lipinski definition) is 1. The summed E-state index contributed by atoms with van der Waals surface area (Å²) in [5.41, 5.74) is 0.985. The average molecular weight is 178 g/mol. The van der Waals surface area contributed by atoms with Crippen LogP contribution in [-0.4, -0.2) is 21.0 Å². The van der Waals surface area contributed by atoms with E-state index in [1.807, 2.05) is 0 Å². The van der Waals surface area contributed by atoms with Gasteiger partial charge in [-0.25, -0.2) is 14.8 Å². The first-order valence-electron chi connectivity index (χ1n) is 4.25. The van der Waals surface area contributed by atoms with Gasteiger partial charge in [-0.15, -0.1) is 0 Å². The molecule has 0 radical (unpaired) electrons. The first kappa shape index (κ1) is 8.16. The first-order valence-corrected chi connectivity index (χ1v) is 4.25. The van der Waals surface area contributed by atoms with Crippen LogP contribution in [0, 0.1) is 6.92 Å². The zero-order valence-electron chi connectivity index (χ0n) is 7.32. The summed E-state index contributed by atoms with van der Waals surface area (Å²) in [5, 5.41) is 8.75. The molecule has 0 atom stereocenters. The van der Waals surface area contributed by atoms with Gasteiger partial charge in [-0.2, -0.15) is 0 Å². The van der Waals surface area contributed by atoms with Gasteiger partial charge >= 0.3 is 5.97 Å². The Hall–Kier alpha value is -1.45. The van der Waals surface area contributed by atoms with Gasteiger partial charge in [-0.1, -0.05) is 0 Å². The van der Waals surface area contributed by atoms with E-state index >= 15 is 0 Å². The Balaban J connectivity index is 2.41. The summed E-state index contributed by atoms with van der Waals surface area (Å²) in [6.07, 6.45) is 2.24. The first-order chi connectivity index (χ1) is 6.16. The van der Waals surface area contributed by atoms with Crippen LogP contribution >= 0.6 is 0 Å². The van der Waals surface area contributed by atoms with Crippen molar-refractivity contribution in [3.05, 3.63) is 23.3 Å². The molecule has 0 unspecified atom stereocenters. The molecule has 1 N–H and O–H groups in total. The molecule has 1 aliphatic rings. The number of rotatable bonds is 2. The predicted molar refractivity (Wildman–Crippen MR) is 45.7 cm³/mol. The molecule has 1 aromatic heterocycles. The number of carboxylic acid groups (broad SMARTS) is 1. The molecule has 0 aromatic carbocycles. The molecule has 0 bridgehead atoms. The smallest absolute Gasteiger partial charge is 0.354 e. The molecule has 0 amide bonds. The largest absolute Gasteiger partial charge is 0.477 e. The third-order valence-corrected chi connectivity index (χ3v) is 2.07. The minimum absolute atomic E-state index is 0.106. The Morgan fingerprint density at radius 1 is 1.54 bits per heavy atom. The molecule has 4 heteroatoms. The highest BCUT2D eigenvalue weighted by atomic mass is 16.4. The standard InChI is InChI=1S/C9H10N2O2/c1-5-10-7(6-2-3-6)4-8(11-5)9(12)13/h4,6H,2-3H2,1H3,(H,12,13). The third kappa shape index (κ3) is 1.66. The molecule has 13 heavy (non-hydrogen) atoms. The van der Waals surface area contributed by atoms with E-state index in [1.54, 1.807) is 13.0 Å². The van der Waals surface area contributed by atoms with Crippen LogP contribution in [0.5, 0.6) is 0 Å². The molecule has 68 valence electrons. The van der Waals surface area contributed by atoms with Crippen LogP contribution in [0.1, 0.15) is 40.8 Å². The zero-order valence-corrected chi connectivity index (χ0v) is 7.32. The molecule has 1 aliphatic carbocycles. The average Bonchev–Trinajstić information content (AvgIpc) is 2.85. The second-order valence-electron chi connectivity index (χ2n) is 3.30. The highest BCUT2D eigenvalue weighted by Gasteiger charge is 2.26. The van der Waals surface area contributed by atoms with E-state index in [2.05, 4.69) is 9.97 Å². The monoisotopic (exact) mass is 178 g/mol. The van der Waals surface area contributed by atoms with Crippen molar-refractivity contribution in [2.24, 2.45) is 0 Å². The van der Waals surface area contributed by atoms with Crippen molar-refractivity contribution in [3.63, 3.8) is 0 Å². The topological polar surface area (TPSA) is 63.1 Å². The van der Waals surface area contributed by atoms with E-state index in [9.17, 15) is 4.79 Å². The molecule has 1 fully saturated rings. The van der Waals surface area contributed by atoms with Crippen molar-refractivity contribution in [2.45, 2.75) is 25.7 Å². The van der Waals surface area contributed by atoms with Gasteiger partial charge in [-0.3, -0.25) is 0 Å². The fourth-order valence-corrected chi connectivity index (χ4v) is 1.29. The van der Waals surface area contributed by atoms with Crippen LogP contribution in [0.3, 0.4) is 0 Å². The molecule has 0 saturated heterocycles. The minimum atomic E-state index is -0.979. The molecule has 1 heterocycles. The molecule has 0 spiro atoms. The van der Waals surface area contributed by atoms with Crippen LogP contribution in [-0.2, 0) is 0 Å². The highest BCUT2D eigenvalue weighted by molar-refractivity contribution is 5.85. The van der Waals surface area contributed by atoms with E-state index < -0.39 is 5.97 Å². The molecular weight excluding hydrogens is 168 g/mol. The lowest BCUT2D eigenvalue weighted by Crippen LogP contribution is -2.05. The number of nitrogens with zero attached hydrogens (tertiary/aromatic N) is 2. The molecule has 1 aromatic rings. The number of aromatic carboxylic acids is 1. The highest BCUT2D eigenvalue weighted by Crippen LogP contribution is 2.38. The Labute approximate surface area is 75.6 Å². The number of carbonyl (C=O) groups is 1. The van der Waals surface area contributed by atoms with Crippen molar-refractivity contribution in [2.75, 3.05) is 0 Å². The minimum Gasteiger partial charge on any atom is -0.477 e. The summed E-state index contributed by atoms with van der Waals surface area (Å²) in [6.45, 7) is 1.72. The molecule has 1 saturated carbocycles. The quantitative estimate of drug-likeness (QED) is 0.742. The van der Waals surface area contributed by atoms with Gasteiger partial charge < -0.3 is 5.11 Å². The maximum atomic E-state index is 10.7. The van der Waals surface area contributed by atoms with Crippen molar-refractivity contribution in [3.8, 4) is 0 Å². The van der Waals surface area contributed by atoms with Gasteiger partial charge in [-0.05, 0) is 25.8 Å². The SMILES string of the molecule is Cc1nc(C(=O)O)cc(C2CC2)n1. The number of hydrogen-bond acceptors (Lipinski definition) is 3. The number of aromatic nitrogens is 2. The normalized spacial score (nSPS) is 15.8. The molecule has 4 nitrogen and oxygen atoms in total. The Kier molecular flexibility index (Phi) is 1.76. The van der Waals surface area contributed by atoms with Crippen molar-refractivity contribution < 1.29 is 9.90 Å². The van der Waals surface area contributed by atoms with Gasteiger partial charge in [0.05, 0.1) is 0 Å². The van der Waals surface area contributed by atoms with Crippen LogP contribution in [0.15, 0.2) is 6.07 Å². The van der Waals surface area contributed by atoms with Crippen LogP contribution in [0.2, 0.25) is 0 Å². The molecule has 0 aliphatic heterocycles. The summed E-state index contributed by atoms with van der Waals surface area (Å²) in [5.74, 6) is 0.0361. The second kappa shape index (κ2) is 2.80. The maximum absolute atomic E-state index is 10.7. The summed E-state index contributed by atoms with van der Waals surface area (Å²) in [6, 6.07) is 1.58. The Morgan fingerprint density at radius 3 is 2.77 bits per heavy atom. The Bertz CT molecular complexity index is 359. The van der Waals surface area contributed by atoms with Gasteiger partial charge in [0.1, 0.15) is 5.82 Å². The van der Waals surface area contributed by atoms with Gasteiger partial charge in [0.25, 0.3) is 0 Å². The van der Waals surface area contributed by atoms with Gasteiger partial charge in [0.2, 0.25) is 0 Å².